The predicted molar refractivity (Wildman–Crippen MR) is 88.5 cm³/mol. The van der Waals surface area contributed by atoms with E-state index in [1.165, 1.54) is 6.20 Å². The van der Waals surface area contributed by atoms with Crippen LogP contribution in [-0.4, -0.2) is 21.0 Å². The summed E-state index contributed by atoms with van der Waals surface area (Å²) < 4.78 is 12.4. The van der Waals surface area contributed by atoms with Crippen LogP contribution in [0.15, 0.2) is 48.7 Å². The number of anilines is 1. The molecule has 0 fully saturated rings. The maximum Gasteiger partial charge on any atom is 0.311 e. The highest BCUT2D eigenvalue weighted by Gasteiger charge is 2.26. The van der Waals surface area contributed by atoms with Gasteiger partial charge in [0.15, 0.2) is 0 Å². The van der Waals surface area contributed by atoms with Crippen LogP contribution in [0, 0.1) is 0 Å². The largest absolute Gasteiger partial charge is 0.481 e. The summed E-state index contributed by atoms with van der Waals surface area (Å²) in [5, 5.41) is 11.8. The first-order valence-electron chi connectivity index (χ1n) is 7.24. The topological polar surface area (TPSA) is 99.5 Å². The third-order valence-corrected chi connectivity index (χ3v) is 4.80. The Balaban J connectivity index is 2.25. The minimum absolute atomic E-state index is 0.0618. The summed E-state index contributed by atoms with van der Waals surface area (Å²) in [4.78, 5) is 25.6. The summed E-state index contributed by atoms with van der Waals surface area (Å²) in [6.45, 7) is 1.75. The van der Waals surface area contributed by atoms with Crippen LogP contribution in [0.5, 0.6) is 0 Å². The quantitative estimate of drug-likeness (QED) is 0.671. The molecule has 2 unspecified atom stereocenters. The molecule has 0 amide bonds. The third kappa shape index (κ3) is 4.65. The second kappa shape index (κ2) is 7.40. The van der Waals surface area contributed by atoms with Crippen molar-refractivity contribution in [1.29, 1.82) is 0 Å². The summed E-state index contributed by atoms with van der Waals surface area (Å²) in [6, 6.07) is 12.2. The van der Waals surface area contributed by atoms with Gasteiger partial charge in [-0.2, -0.15) is 0 Å². The Morgan fingerprint density at radius 1 is 1.26 bits per heavy atom. The molecule has 0 radical (unpaired) electrons. The highest BCUT2D eigenvalue weighted by atomic mass is 31.2. The molecule has 2 aromatic rings. The van der Waals surface area contributed by atoms with Crippen LogP contribution in [-0.2, 0) is 15.5 Å². The molecule has 0 spiro atoms. The number of nitrogens with zero attached hydrogens (tertiary/aromatic N) is 1. The minimum atomic E-state index is -3.75. The highest BCUT2D eigenvalue weighted by Crippen LogP contribution is 2.45. The molecule has 0 saturated carbocycles. The Labute approximate surface area is 134 Å². The van der Waals surface area contributed by atoms with Gasteiger partial charge in [0.1, 0.15) is 5.82 Å². The molecule has 1 aromatic heterocycles. The van der Waals surface area contributed by atoms with Crippen molar-refractivity contribution in [2.24, 2.45) is 0 Å². The number of hydrogen-bond donors (Lipinski definition) is 3. The fourth-order valence-corrected chi connectivity index (χ4v) is 3.66. The molecule has 2 atom stereocenters. The zero-order valence-corrected chi connectivity index (χ0v) is 13.6. The first-order valence-corrected chi connectivity index (χ1v) is 9.09. The van der Waals surface area contributed by atoms with Gasteiger partial charge in [-0.05, 0) is 18.1 Å². The number of carbonyl (C=O) groups is 1. The van der Waals surface area contributed by atoms with E-state index in [-0.39, 0.29) is 12.0 Å². The molecule has 0 aliphatic rings. The number of benzene rings is 1. The number of rotatable bonds is 7. The second-order valence-electron chi connectivity index (χ2n) is 5.20. The number of aliphatic carboxylic acids is 1. The molecule has 1 heterocycles. The molecular weight excluding hydrogens is 315 g/mol. The number of hydrogen-bond acceptors (Lipinski definition) is 3. The van der Waals surface area contributed by atoms with E-state index in [1.54, 1.807) is 43.3 Å². The molecule has 1 aromatic carbocycles. The number of carboxylic acid groups (broad SMARTS) is 1. The van der Waals surface area contributed by atoms with Crippen LogP contribution < -0.4 is 5.09 Å². The molecule has 0 bridgehead atoms. The molecule has 7 heteroatoms. The number of nitrogens with one attached hydrogen (secondary N) is 1. The Kier molecular flexibility index (Phi) is 5.53. The fraction of sp³-hybridized carbons (Fsp3) is 0.250. The molecule has 23 heavy (non-hydrogen) atoms. The Morgan fingerprint density at radius 2 is 1.96 bits per heavy atom. The molecule has 0 aliphatic carbocycles. The van der Waals surface area contributed by atoms with Gasteiger partial charge in [0, 0.05) is 11.8 Å². The summed E-state index contributed by atoms with van der Waals surface area (Å²) in [6.07, 6.45) is 1.76. The highest BCUT2D eigenvalue weighted by molar-refractivity contribution is 7.58. The molecule has 122 valence electrons. The van der Waals surface area contributed by atoms with Crippen molar-refractivity contribution in [1.82, 2.24) is 4.98 Å². The smallest absolute Gasteiger partial charge is 0.311 e. The zero-order chi connectivity index (χ0) is 16.9. The Morgan fingerprint density at radius 3 is 2.57 bits per heavy atom. The average Bonchev–Trinajstić information content (AvgIpc) is 2.49. The molecule has 0 saturated heterocycles. The van der Waals surface area contributed by atoms with Crippen molar-refractivity contribution in [3.8, 4) is 0 Å². The standard InChI is InChI=1S/C16H19N2O4P/c1-2-13(16(19)20)14-9-6-10-17-15(14)18-23(21,22)11-12-7-4-3-5-8-12/h3-10,13H,2,11H2,1H3,(H,19,20)(H2,17,18,21,22). The Bertz CT molecular complexity index is 721. The van der Waals surface area contributed by atoms with E-state index in [0.717, 1.165) is 0 Å². The van der Waals surface area contributed by atoms with Crippen LogP contribution in [0.25, 0.3) is 0 Å². The summed E-state index contributed by atoms with van der Waals surface area (Å²) in [5.74, 6) is -1.62. The van der Waals surface area contributed by atoms with Crippen LogP contribution in [0.3, 0.4) is 0 Å². The van der Waals surface area contributed by atoms with Gasteiger partial charge in [0.05, 0.1) is 12.1 Å². The van der Waals surface area contributed by atoms with Gasteiger partial charge in [-0.3, -0.25) is 14.4 Å². The van der Waals surface area contributed by atoms with Gasteiger partial charge < -0.3 is 10.00 Å². The van der Waals surface area contributed by atoms with Gasteiger partial charge in [0.2, 0.25) is 0 Å². The lowest BCUT2D eigenvalue weighted by atomic mass is 9.97. The first kappa shape index (κ1) is 17.2. The van der Waals surface area contributed by atoms with Gasteiger partial charge in [0.25, 0.3) is 7.52 Å². The molecule has 2 rings (SSSR count). The van der Waals surface area contributed by atoms with Crippen molar-refractivity contribution in [2.45, 2.75) is 25.4 Å². The summed E-state index contributed by atoms with van der Waals surface area (Å²) >= 11 is 0. The van der Waals surface area contributed by atoms with Crippen LogP contribution in [0.1, 0.15) is 30.4 Å². The SMILES string of the molecule is CCC(C(=O)O)c1cccnc1NP(=O)(O)Cc1ccccc1. The van der Waals surface area contributed by atoms with E-state index >= 15 is 0 Å². The summed E-state index contributed by atoms with van der Waals surface area (Å²) in [5.41, 5.74) is 1.12. The van der Waals surface area contributed by atoms with E-state index in [1.807, 2.05) is 6.07 Å². The zero-order valence-electron chi connectivity index (χ0n) is 12.7. The van der Waals surface area contributed by atoms with Crippen molar-refractivity contribution >= 4 is 19.3 Å². The normalized spacial score (nSPS) is 14.7. The lowest BCUT2D eigenvalue weighted by Crippen LogP contribution is -2.14. The monoisotopic (exact) mass is 334 g/mol. The van der Waals surface area contributed by atoms with E-state index < -0.39 is 19.4 Å². The van der Waals surface area contributed by atoms with Gasteiger partial charge >= 0.3 is 5.97 Å². The van der Waals surface area contributed by atoms with Gasteiger partial charge in [-0.1, -0.05) is 43.3 Å². The fourth-order valence-electron chi connectivity index (χ4n) is 2.36. The van der Waals surface area contributed by atoms with E-state index in [9.17, 15) is 19.4 Å². The predicted octanol–water partition coefficient (Wildman–Crippen LogP) is 3.46. The second-order valence-corrected chi connectivity index (χ2v) is 7.14. The molecule has 0 aliphatic heterocycles. The minimum Gasteiger partial charge on any atom is -0.481 e. The van der Waals surface area contributed by atoms with Crippen LogP contribution in [0.2, 0.25) is 0 Å². The Hall–Kier alpha value is -2.17. The average molecular weight is 334 g/mol. The van der Waals surface area contributed by atoms with Crippen molar-refractivity contribution in [2.75, 3.05) is 5.09 Å². The van der Waals surface area contributed by atoms with E-state index in [0.29, 0.717) is 17.5 Å². The lowest BCUT2D eigenvalue weighted by Gasteiger charge is -2.19. The van der Waals surface area contributed by atoms with Gasteiger partial charge in [-0.15, -0.1) is 0 Å². The lowest BCUT2D eigenvalue weighted by molar-refractivity contribution is -0.138. The van der Waals surface area contributed by atoms with Crippen LogP contribution in [0.4, 0.5) is 5.82 Å². The third-order valence-electron chi connectivity index (χ3n) is 3.44. The number of pyridine rings is 1. The number of carboxylic acids is 1. The van der Waals surface area contributed by atoms with E-state index in [2.05, 4.69) is 10.1 Å². The first-order chi connectivity index (χ1) is 10.9. The maximum absolute atomic E-state index is 12.4. The molecule has 3 N–H and O–H groups in total. The van der Waals surface area contributed by atoms with Crippen LogP contribution >= 0.6 is 7.52 Å². The van der Waals surface area contributed by atoms with E-state index in [4.69, 9.17) is 0 Å². The van der Waals surface area contributed by atoms with Crippen molar-refractivity contribution in [3.63, 3.8) is 0 Å². The summed E-state index contributed by atoms with van der Waals surface area (Å²) in [7, 11) is -3.75. The van der Waals surface area contributed by atoms with Crippen molar-refractivity contribution < 1.29 is 19.4 Å². The van der Waals surface area contributed by atoms with Crippen molar-refractivity contribution in [3.05, 3.63) is 59.8 Å². The number of aromatic nitrogens is 1. The maximum atomic E-state index is 12.4. The molecule has 6 nitrogen and oxygen atoms in total. The van der Waals surface area contributed by atoms with Gasteiger partial charge in [-0.25, -0.2) is 4.98 Å². The molecular formula is C16H19N2O4P.